The molecule has 19 heavy (non-hydrogen) atoms. The molecule has 1 aromatic carbocycles. The van der Waals surface area contributed by atoms with E-state index in [0.29, 0.717) is 17.3 Å². The van der Waals surface area contributed by atoms with E-state index < -0.39 is 0 Å². The summed E-state index contributed by atoms with van der Waals surface area (Å²) < 4.78 is 5.41. The maximum atomic E-state index is 11.7. The van der Waals surface area contributed by atoms with Gasteiger partial charge >= 0.3 is 0 Å². The second-order valence-electron chi connectivity index (χ2n) is 3.91. The zero-order valence-electron chi connectivity index (χ0n) is 10.5. The largest absolute Gasteiger partial charge is 0.490 e. The van der Waals surface area contributed by atoms with Gasteiger partial charge in [0, 0.05) is 7.05 Å². The van der Waals surface area contributed by atoms with Crippen molar-refractivity contribution in [3.63, 3.8) is 0 Å². The Morgan fingerprint density at radius 3 is 2.84 bits per heavy atom. The van der Waals surface area contributed by atoms with Gasteiger partial charge in [-0.3, -0.25) is 14.5 Å². The van der Waals surface area contributed by atoms with Crippen LogP contribution in [0.25, 0.3) is 6.08 Å². The van der Waals surface area contributed by atoms with Crippen molar-refractivity contribution in [2.45, 2.75) is 0 Å². The van der Waals surface area contributed by atoms with E-state index in [2.05, 4.69) is 6.58 Å². The van der Waals surface area contributed by atoms with Crippen LogP contribution in [-0.4, -0.2) is 29.7 Å². The van der Waals surface area contributed by atoms with Gasteiger partial charge in [-0.15, -0.1) is 0 Å². The molecule has 0 bridgehead atoms. The highest BCUT2D eigenvalue weighted by molar-refractivity contribution is 8.18. The predicted molar refractivity (Wildman–Crippen MR) is 75.9 cm³/mol. The number of nitrogens with zero attached hydrogens (tertiary/aromatic N) is 1. The number of thioether (sulfide) groups is 1. The monoisotopic (exact) mass is 275 g/mol. The molecule has 4 nitrogen and oxygen atoms in total. The van der Waals surface area contributed by atoms with E-state index in [1.807, 2.05) is 24.3 Å². The van der Waals surface area contributed by atoms with Gasteiger partial charge in [0.05, 0.1) is 4.91 Å². The van der Waals surface area contributed by atoms with Gasteiger partial charge in [-0.2, -0.15) is 0 Å². The molecule has 1 aliphatic heterocycles. The first kappa shape index (κ1) is 13.4. The van der Waals surface area contributed by atoms with Crippen LogP contribution in [0, 0.1) is 0 Å². The summed E-state index contributed by atoms with van der Waals surface area (Å²) in [5.41, 5.74) is 0.820. The van der Waals surface area contributed by atoms with Crippen molar-refractivity contribution < 1.29 is 14.3 Å². The quantitative estimate of drug-likeness (QED) is 0.626. The van der Waals surface area contributed by atoms with Crippen LogP contribution in [0.3, 0.4) is 0 Å². The topological polar surface area (TPSA) is 46.6 Å². The summed E-state index contributed by atoms with van der Waals surface area (Å²) in [4.78, 5) is 24.7. The minimum atomic E-state index is -0.271. The second kappa shape index (κ2) is 5.75. The van der Waals surface area contributed by atoms with E-state index in [-0.39, 0.29) is 11.1 Å². The molecule has 0 aliphatic carbocycles. The van der Waals surface area contributed by atoms with Crippen molar-refractivity contribution in [1.82, 2.24) is 4.90 Å². The summed E-state index contributed by atoms with van der Waals surface area (Å²) in [5, 5.41) is -0.254. The SMILES string of the molecule is C=CCOc1cccc(/C=C2/SC(=O)N(C)C2=O)c1. The molecular formula is C14H13NO3S. The van der Waals surface area contributed by atoms with Crippen LogP contribution in [0.4, 0.5) is 4.79 Å². The molecule has 98 valence electrons. The number of ether oxygens (including phenoxy) is 1. The van der Waals surface area contributed by atoms with Crippen LogP contribution in [0.1, 0.15) is 5.56 Å². The Morgan fingerprint density at radius 1 is 1.42 bits per heavy atom. The Kier molecular flexibility index (Phi) is 4.06. The normalized spacial score (nSPS) is 17.1. The van der Waals surface area contributed by atoms with Gasteiger partial charge in [0.2, 0.25) is 0 Å². The van der Waals surface area contributed by atoms with Gasteiger partial charge in [-0.1, -0.05) is 24.8 Å². The first-order valence-electron chi connectivity index (χ1n) is 5.67. The van der Waals surface area contributed by atoms with E-state index in [9.17, 15) is 9.59 Å². The Bertz CT molecular complexity index is 566. The van der Waals surface area contributed by atoms with Crippen molar-refractivity contribution in [3.8, 4) is 5.75 Å². The third-order valence-electron chi connectivity index (χ3n) is 2.51. The molecule has 1 heterocycles. The highest BCUT2D eigenvalue weighted by Crippen LogP contribution is 2.31. The van der Waals surface area contributed by atoms with Crippen LogP contribution in [0.15, 0.2) is 41.8 Å². The average Bonchev–Trinajstić information content (AvgIpc) is 2.64. The third-order valence-corrected chi connectivity index (χ3v) is 3.47. The van der Waals surface area contributed by atoms with Crippen molar-refractivity contribution in [2.24, 2.45) is 0 Å². The Balaban J connectivity index is 2.21. The minimum Gasteiger partial charge on any atom is -0.490 e. The van der Waals surface area contributed by atoms with Gasteiger partial charge in [0.15, 0.2) is 0 Å². The summed E-state index contributed by atoms with van der Waals surface area (Å²) in [7, 11) is 1.47. The molecule has 5 heteroatoms. The van der Waals surface area contributed by atoms with Gasteiger partial charge in [-0.25, -0.2) is 0 Å². The minimum absolute atomic E-state index is 0.254. The van der Waals surface area contributed by atoms with E-state index >= 15 is 0 Å². The number of likely N-dealkylation sites (N-methyl/N-ethyl adjacent to an activating group) is 1. The summed E-state index contributed by atoms with van der Waals surface area (Å²) in [6, 6.07) is 7.32. The molecule has 1 saturated heterocycles. The summed E-state index contributed by atoms with van der Waals surface area (Å²) >= 11 is 0.942. The maximum absolute atomic E-state index is 11.7. The number of hydrogen-bond donors (Lipinski definition) is 0. The lowest BCUT2D eigenvalue weighted by Gasteiger charge is -2.04. The van der Waals surface area contributed by atoms with Crippen LogP contribution in [-0.2, 0) is 4.79 Å². The lowest BCUT2D eigenvalue weighted by molar-refractivity contribution is -0.121. The van der Waals surface area contributed by atoms with E-state index in [0.717, 1.165) is 22.2 Å². The second-order valence-corrected chi connectivity index (χ2v) is 4.91. The maximum Gasteiger partial charge on any atom is 0.293 e. The number of rotatable bonds is 4. The molecule has 0 aromatic heterocycles. The standard InChI is InChI=1S/C14H13NO3S/c1-3-7-18-11-6-4-5-10(8-11)9-12-13(16)15(2)14(17)19-12/h3-6,8-9H,1,7H2,2H3/b12-9+. The zero-order chi connectivity index (χ0) is 13.8. The van der Waals surface area contributed by atoms with Crippen molar-refractivity contribution >= 4 is 29.0 Å². The number of carbonyl (C=O) groups is 2. The predicted octanol–water partition coefficient (Wildman–Crippen LogP) is 2.92. The van der Waals surface area contributed by atoms with Crippen molar-refractivity contribution in [1.29, 1.82) is 0 Å². The smallest absolute Gasteiger partial charge is 0.293 e. The van der Waals surface area contributed by atoms with Gasteiger partial charge < -0.3 is 4.74 Å². The molecule has 1 aromatic rings. The van der Waals surface area contributed by atoms with Crippen molar-refractivity contribution in [3.05, 3.63) is 47.4 Å². The summed E-state index contributed by atoms with van der Waals surface area (Å²) in [5.74, 6) is 0.428. The molecule has 1 aliphatic rings. The third kappa shape index (κ3) is 3.06. The molecule has 0 unspecified atom stereocenters. The molecule has 2 amide bonds. The first-order chi connectivity index (χ1) is 9.11. The summed E-state index contributed by atoms with van der Waals surface area (Å²) in [6.07, 6.45) is 3.35. The van der Waals surface area contributed by atoms with Crippen molar-refractivity contribution in [2.75, 3.05) is 13.7 Å². The molecule has 0 atom stereocenters. The average molecular weight is 275 g/mol. The van der Waals surface area contributed by atoms with E-state index in [1.165, 1.54) is 7.05 Å². The van der Waals surface area contributed by atoms with Gasteiger partial charge in [0.1, 0.15) is 12.4 Å². The number of amides is 2. The fourth-order valence-electron chi connectivity index (χ4n) is 1.55. The van der Waals surface area contributed by atoms with Gasteiger partial charge in [-0.05, 0) is 35.5 Å². The van der Waals surface area contributed by atoms with E-state index in [1.54, 1.807) is 12.2 Å². The number of imide groups is 1. The fourth-order valence-corrected chi connectivity index (χ4v) is 2.37. The lowest BCUT2D eigenvalue weighted by atomic mass is 10.2. The van der Waals surface area contributed by atoms with Crippen LogP contribution >= 0.6 is 11.8 Å². The van der Waals surface area contributed by atoms with Crippen LogP contribution in [0.2, 0.25) is 0 Å². The molecule has 0 radical (unpaired) electrons. The highest BCUT2D eigenvalue weighted by Gasteiger charge is 2.31. The number of carbonyl (C=O) groups excluding carboxylic acids is 2. The molecule has 0 saturated carbocycles. The summed E-state index contributed by atoms with van der Waals surface area (Å²) in [6.45, 7) is 4.01. The molecule has 2 rings (SSSR count). The molecular weight excluding hydrogens is 262 g/mol. The number of hydrogen-bond acceptors (Lipinski definition) is 4. The zero-order valence-corrected chi connectivity index (χ0v) is 11.3. The van der Waals surface area contributed by atoms with Gasteiger partial charge in [0.25, 0.3) is 11.1 Å². The number of benzene rings is 1. The fraction of sp³-hybridized carbons (Fsp3) is 0.143. The van der Waals surface area contributed by atoms with Crippen LogP contribution < -0.4 is 4.74 Å². The first-order valence-corrected chi connectivity index (χ1v) is 6.49. The lowest BCUT2D eigenvalue weighted by Crippen LogP contribution is -2.22. The van der Waals surface area contributed by atoms with Crippen LogP contribution in [0.5, 0.6) is 5.75 Å². The molecule has 1 fully saturated rings. The Hall–Kier alpha value is -2.01. The Morgan fingerprint density at radius 2 is 2.21 bits per heavy atom. The molecule has 0 N–H and O–H groups in total. The Labute approximate surface area is 115 Å². The van der Waals surface area contributed by atoms with E-state index in [4.69, 9.17) is 4.74 Å². The molecule has 0 spiro atoms. The highest BCUT2D eigenvalue weighted by atomic mass is 32.2.